The van der Waals surface area contributed by atoms with E-state index in [1.54, 1.807) is 0 Å². The molecule has 0 bridgehead atoms. The van der Waals surface area contributed by atoms with Gasteiger partial charge in [-0.15, -0.1) is 0 Å². The van der Waals surface area contributed by atoms with E-state index in [1.807, 2.05) is 12.1 Å². The molecule has 1 aliphatic heterocycles. The summed E-state index contributed by atoms with van der Waals surface area (Å²) in [4.78, 5) is 0. The molecule has 0 unspecified atom stereocenters. The highest BCUT2D eigenvalue weighted by Crippen LogP contribution is 2.55. The Bertz CT molecular complexity index is 621. The normalized spacial score (nSPS) is 28.2. The molecular formula is C19H24O2Si. The molecule has 116 valence electrons. The summed E-state index contributed by atoms with van der Waals surface area (Å²) in [5.41, 5.74) is 2.01. The third-order valence-corrected chi connectivity index (χ3v) is 5.09. The van der Waals surface area contributed by atoms with Crippen LogP contribution in [0.15, 0.2) is 60.7 Å². The predicted molar refractivity (Wildman–Crippen MR) is 92.3 cm³/mol. The van der Waals surface area contributed by atoms with Crippen LogP contribution < -0.4 is 0 Å². The van der Waals surface area contributed by atoms with Crippen molar-refractivity contribution in [3.63, 3.8) is 0 Å². The molecule has 1 heterocycles. The van der Waals surface area contributed by atoms with E-state index in [9.17, 15) is 0 Å². The van der Waals surface area contributed by atoms with Crippen LogP contribution in [-0.2, 0) is 14.8 Å². The maximum absolute atomic E-state index is 6.74. The highest BCUT2D eigenvalue weighted by atomic mass is 28.4. The molecule has 1 aliphatic rings. The molecule has 0 radical (unpaired) electrons. The Morgan fingerprint density at radius 3 is 1.95 bits per heavy atom. The molecular weight excluding hydrogens is 288 g/mol. The van der Waals surface area contributed by atoms with Crippen LogP contribution in [0, 0.1) is 0 Å². The van der Waals surface area contributed by atoms with Gasteiger partial charge in [-0.25, -0.2) is 0 Å². The van der Waals surface area contributed by atoms with Gasteiger partial charge in [0, 0.05) is 0 Å². The van der Waals surface area contributed by atoms with Crippen molar-refractivity contribution in [2.75, 3.05) is 0 Å². The minimum absolute atomic E-state index is 0.0437. The summed E-state index contributed by atoms with van der Waals surface area (Å²) in [5, 5.41) is 0. The second kappa shape index (κ2) is 5.65. The molecule has 0 aromatic heterocycles. The minimum Gasteiger partial charge on any atom is -0.403 e. The van der Waals surface area contributed by atoms with Gasteiger partial charge in [0.2, 0.25) is 0 Å². The van der Waals surface area contributed by atoms with Crippen molar-refractivity contribution in [3.8, 4) is 0 Å². The molecule has 3 rings (SSSR count). The second-order valence-corrected chi connectivity index (χ2v) is 11.4. The number of benzene rings is 2. The zero-order valence-corrected chi connectivity index (χ0v) is 14.7. The topological polar surface area (TPSA) is 18.5 Å². The summed E-state index contributed by atoms with van der Waals surface area (Å²) in [6.07, 6.45) is 0.00431. The van der Waals surface area contributed by atoms with E-state index in [2.05, 4.69) is 75.1 Å². The average Bonchev–Trinajstić information content (AvgIpc) is 2.51. The van der Waals surface area contributed by atoms with E-state index in [1.165, 1.54) is 11.1 Å². The van der Waals surface area contributed by atoms with Gasteiger partial charge >= 0.3 is 0 Å². The van der Waals surface area contributed by atoms with E-state index < -0.39 is 8.32 Å². The van der Waals surface area contributed by atoms with Crippen molar-refractivity contribution in [3.05, 3.63) is 71.8 Å². The summed E-state index contributed by atoms with van der Waals surface area (Å²) < 4.78 is 12.9. The van der Waals surface area contributed by atoms with Gasteiger partial charge in [0.05, 0.1) is 6.10 Å². The Hall–Kier alpha value is -1.42. The number of hydrogen-bond donors (Lipinski definition) is 0. The maximum Gasteiger partial charge on any atom is 0.185 e. The third-order valence-electron chi connectivity index (χ3n) is 4.14. The lowest BCUT2D eigenvalue weighted by Crippen LogP contribution is -2.61. The van der Waals surface area contributed by atoms with Gasteiger partial charge in [0.1, 0.15) is 11.7 Å². The van der Waals surface area contributed by atoms with E-state index in [0.29, 0.717) is 0 Å². The summed E-state index contributed by atoms with van der Waals surface area (Å²) in [7, 11) is -1.74. The Labute approximate surface area is 134 Å². The maximum atomic E-state index is 6.74. The SMILES string of the molecule is C[C@H]1O[C@@H](c2ccccc2)[C@]1(O[Si](C)(C)C)c1ccccc1. The lowest BCUT2D eigenvalue weighted by Gasteiger charge is -2.56. The van der Waals surface area contributed by atoms with Crippen LogP contribution >= 0.6 is 0 Å². The van der Waals surface area contributed by atoms with E-state index in [-0.39, 0.29) is 17.8 Å². The van der Waals surface area contributed by atoms with E-state index in [0.717, 1.165) is 0 Å². The summed E-state index contributed by atoms with van der Waals surface area (Å²) in [6.45, 7) is 8.84. The highest BCUT2D eigenvalue weighted by molar-refractivity contribution is 6.69. The van der Waals surface area contributed by atoms with Crippen molar-refractivity contribution in [1.82, 2.24) is 0 Å². The Morgan fingerprint density at radius 1 is 0.909 bits per heavy atom. The molecule has 1 fully saturated rings. The summed E-state index contributed by atoms with van der Waals surface area (Å²) >= 11 is 0. The zero-order chi connectivity index (χ0) is 15.8. The van der Waals surface area contributed by atoms with Crippen molar-refractivity contribution >= 4 is 8.32 Å². The van der Waals surface area contributed by atoms with Gasteiger partial charge in [-0.2, -0.15) is 0 Å². The van der Waals surface area contributed by atoms with E-state index in [4.69, 9.17) is 9.16 Å². The van der Waals surface area contributed by atoms with Crippen LogP contribution in [0.5, 0.6) is 0 Å². The molecule has 0 amide bonds. The van der Waals surface area contributed by atoms with Crippen molar-refractivity contribution < 1.29 is 9.16 Å². The molecule has 3 heteroatoms. The van der Waals surface area contributed by atoms with Gasteiger partial charge in [-0.1, -0.05) is 60.7 Å². The lowest BCUT2D eigenvalue weighted by molar-refractivity contribution is -0.287. The van der Waals surface area contributed by atoms with Crippen LogP contribution in [0.3, 0.4) is 0 Å². The average molecular weight is 312 g/mol. The zero-order valence-electron chi connectivity index (χ0n) is 13.7. The highest BCUT2D eigenvalue weighted by Gasteiger charge is 2.58. The first-order valence-corrected chi connectivity index (χ1v) is 11.3. The fraction of sp³-hybridized carbons (Fsp3) is 0.368. The molecule has 3 atom stereocenters. The lowest BCUT2D eigenvalue weighted by atomic mass is 9.76. The Balaban J connectivity index is 2.08. The fourth-order valence-corrected chi connectivity index (χ4v) is 4.69. The van der Waals surface area contributed by atoms with E-state index >= 15 is 0 Å². The van der Waals surface area contributed by atoms with Gasteiger partial charge in [0.25, 0.3) is 0 Å². The van der Waals surface area contributed by atoms with Crippen molar-refractivity contribution in [2.45, 2.75) is 44.4 Å². The monoisotopic (exact) mass is 312 g/mol. The molecule has 1 saturated heterocycles. The van der Waals surface area contributed by atoms with Crippen LogP contribution in [0.2, 0.25) is 19.6 Å². The molecule has 0 aliphatic carbocycles. The largest absolute Gasteiger partial charge is 0.403 e. The predicted octanol–water partition coefficient (Wildman–Crippen LogP) is 4.89. The van der Waals surface area contributed by atoms with Crippen LogP contribution in [0.1, 0.15) is 24.2 Å². The number of ether oxygens (including phenoxy) is 1. The summed E-state index contributed by atoms with van der Waals surface area (Å²) in [6, 6.07) is 20.9. The summed E-state index contributed by atoms with van der Waals surface area (Å²) in [5.74, 6) is 0. The van der Waals surface area contributed by atoms with Gasteiger partial charge in [-0.05, 0) is 37.7 Å². The van der Waals surface area contributed by atoms with Crippen molar-refractivity contribution in [1.29, 1.82) is 0 Å². The molecule has 2 aromatic rings. The first-order valence-electron chi connectivity index (χ1n) is 7.89. The van der Waals surface area contributed by atoms with Crippen LogP contribution in [0.4, 0.5) is 0 Å². The molecule has 0 N–H and O–H groups in total. The minimum atomic E-state index is -1.74. The first kappa shape index (κ1) is 15.5. The Morgan fingerprint density at radius 2 is 1.45 bits per heavy atom. The molecule has 22 heavy (non-hydrogen) atoms. The molecule has 0 saturated carbocycles. The molecule has 2 aromatic carbocycles. The number of hydrogen-bond acceptors (Lipinski definition) is 2. The Kier molecular flexibility index (Phi) is 3.97. The molecule has 0 spiro atoms. The smallest absolute Gasteiger partial charge is 0.185 e. The second-order valence-electron chi connectivity index (χ2n) is 6.94. The van der Waals surface area contributed by atoms with Gasteiger partial charge in [0.15, 0.2) is 8.32 Å². The fourth-order valence-electron chi connectivity index (χ4n) is 3.29. The first-order chi connectivity index (χ1) is 10.4. The van der Waals surface area contributed by atoms with Crippen LogP contribution in [0.25, 0.3) is 0 Å². The molecule has 2 nitrogen and oxygen atoms in total. The van der Waals surface area contributed by atoms with Gasteiger partial charge < -0.3 is 9.16 Å². The number of rotatable bonds is 4. The van der Waals surface area contributed by atoms with Gasteiger partial charge in [-0.3, -0.25) is 0 Å². The third kappa shape index (κ3) is 2.65. The van der Waals surface area contributed by atoms with Crippen molar-refractivity contribution in [2.24, 2.45) is 0 Å². The standard InChI is InChI=1S/C19H24O2Si/c1-15-19(21-22(2,3)4,17-13-9-6-10-14-17)18(20-15)16-11-7-5-8-12-16/h5-15,18H,1-4H3/t15-,18+,19-/m1/s1. The van der Waals surface area contributed by atoms with Crippen LogP contribution in [-0.4, -0.2) is 14.4 Å². The quantitative estimate of drug-likeness (QED) is 0.748.